The minimum absolute atomic E-state index is 0.350. The summed E-state index contributed by atoms with van der Waals surface area (Å²) in [5, 5.41) is 1.28. The number of hydrogen-bond donors (Lipinski definition) is 0. The first kappa shape index (κ1) is 13.9. The van der Waals surface area contributed by atoms with Gasteiger partial charge in [-0.1, -0.05) is 6.08 Å². The van der Waals surface area contributed by atoms with Crippen LogP contribution in [-0.4, -0.2) is 30.7 Å². The molecule has 0 saturated carbocycles. The van der Waals surface area contributed by atoms with Gasteiger partial charge in [-0.05, 0) is 24.1 Å². The second kappa shape index (κ2) is 5.14. The zero-order valence-electron chi connectivity index (χ0n) is 13.1. The van der Waals surface area contributed by atoms with Gasteiger partial charge in [-0.25, -0.2) is 0 Å². The summed E-state index contributed by atoms with van der Waals surface area (Å²) < 4.78 is 19.1. The van der Waals surface area contributed by atoms with Crippen LogP contribution >= 0.6 is 0 Å². The van der Waals surface area contributed by atoms with Crippen molar-refractivity contribution < 1.29 is 14.2 Å². The summed E-state index contributed by atoms with van der Waals surface area (Å²) in [6.45, 7) is 1.44. The van der Waals surface area contributed by atoms with Gasteiger partial charge in [0.15, 0.2) is 5.79 Å². The Labute approximate surface area is 130 Å². The van der Waals surface area contributed by atoms with E-state index < -0.39 is 0 Å². The zero-order valence-corrected chi connectivity index (χ0v) is 13.1. The Morgan fingerprint density at radius 2 is 2.05 bits per heavy atom. The topological polar surface area (TPSA) is 32.6 Å². The highest BCUT2D eigenvalue weighted by atomic mass is 16.7. The van der Waals surface area contributed by atoms with E-state index in [1.54, 1.807) is 7.11 Å². The second-order valence-electron chi connectivity index (χ2n) is 6.08. The second-order valence-corrected chi connectivity index (χ2v) is 6.08. The van der Waals surface area contributed by atoms with E-state index in [0.717, 1.165) is 38.2 Å². The summed E-state index contributed by atoms with van der Waals surface area (Å²) in [6, 6.07) is 6.27. The summed E-state index contributed by atoms with van der Waals surface area (Å²) in [4.78, 5) is 0. The minimum atomic E-state index is -0.350. The summed E-state index contributed by atoms with van der Waals surface area (Å²) in [6.07, 6.45) is 7.27. The molecule has 0 atom stereocenters. The van der Waals surface area contributed by atoms with Gasteiger partial charge >= 0.3 is 0 Å². The molecular formula is C18H21NO3. The fraction of sp³-hybridized carbons (Fsp3) is 0.444. The van der Waals surface area contributed by atoms with Crippen LogP contribution in [0.25, 0.3) is 16.5 Å². The fourth-order valence-electron chi connectivity index (χ4n) is 3.56. The van der Waals surface area contributed by atoms with Gasteiger partial charge in [0.2, 0.25) is 0 Å². The van der Waals surface area contributed by atoms with Crippen LogP contribution in [0.4, 0.5) is 0 Å². The van der Waals surface area contributed by atoms with E-state index in [2.05, 4.69) is 36.0 Å². The van der Waals surface area contributed by atoms with Crippen molar-refractivity contribution >= 4 is 16.5 Å². The maximum absolute atomic E-state index is 5.80. The molecule has 0 bridgehead atoms. The molecule has 4 nitrogen and oxygen atoms in total. The monoisotopic (exact) mass is 299 g/mol. The molecule has 0 amide bonds. The molecule has 2 aliphatic rings. The van der Waals surface area contributed by atoms with Gasteiger partial charge in [0.05, 0.1) is 25.8 Å². The summed E-state index contributed by atoms with van der Waals surface area (Å²) in [5.41, 5.74) is 3.90. The molecule has 4 rings (SSSR count). The van der Waals surface area contributed by atoms with E-state index in [1.165, 1.54) is 22.0 Å². The van der Waals surface area contributed by atoms with Crippen LogP contribution in [-0.2, 0) is 16.5 Å². The Balaban J connectivity index is 1.71. The molecule has 0 unspecified atom stereocenters. The SMILES string of the molecule is COc1ccc2c(C3=CCC4(CC3)OCCO4)cn(C)c2c1. The molecule has 1 aliphatic heterocycles. The maximum atomic E-state index is 5.80. The molecule has 1 saturated heterocycles. The van der Waals surface area contributed by atoms with E-state index in [9.17, 15) is 0 Å². The molecule has 116 valence electrons. The molecule has 1 fully saturated rings. The zero-order chi connectivity index (χ0) is 15.2. The number of hydrogen-bond acceptors (Lipinski definition) is 3. The molecular weight excluding hydrogens is 278 g/mol. The van der Waals surface area contributed by atoms with Gasteiger partial charge in [0.1, 0.15) is 5.75 Å². The van der Waals surface area contributed by atoms with E-state index in [0.29, 0.717) is 0 Å². The van der Waals surface area contributed by atoms with Crippen molar-refractivity contribution in [3.05, 3.63) is 36.0 Å². The predicted molar refractivity (Wildman–Crippen MR) is 85.9 cm³/mol. The van der Waals surface area contributed by atoms with Gasteiger partial charge in [-0.15, -0.1) is 0 Å². The van der Waals surface area contributed by atoms with E-state index in [4.69, 9.17) is 14.2 Å². The third-order valence-corrected chi connectivity index (χ3v) is 4.79. The van der Waals surface area contributed by atoms with Gasteiger partial charge < -0.3 is 18.8 Å². The highest BCUT2D eigenvalue weighted by molar-refractivity contribution is 5.94. The highest BCUT2D eigenvalue weighted by Crippen LogP contribution is 2.40. The number of methoxy groups -OCH3 is 1. The largest absolute Gasteiger partial charge is 0.497 e. The lowest BCUT2D eigenvalue weighted by molar-refractivity contribution is -0.159. The lowest BCUT2D eigenvalue weighted by Gasteiger charge is -2.30. The van der Waals surface area contributed by atoms with E-state index in [-0.39, 0.29) is 5.79 Å². The minimum Gasteiger partial charge on any atom is -0.497 e. The maximum Gasteiger partial charge on any atom is 0.172 e. The number of aryl methyl sites for hydroxylation is 1. The van der Waals surface area contributed by atoms with Crippen LogP contribution in [0, 0.1) is 0 Å². The lowest BCUT2D eigenvalue weighted by Crippen LogP contribution is -2.31. The Morgan fingerprint density at radius 1 is 1.23 bits per heavy atom. The van der Waals surface area contributed by atoms with Gasteiger partial charge in [0.25, 0.3) is 0 Å². The molecule has 1 aliphatic carbocycles. The quantitative estimate of drug-likeness (QED) is 0.851. The Morgan fingerprint density at radius 3 is 2.73 bits per heavy atom. The molecule has 0 N–H and O–H groups in total. The van der Waals surface area contributed by atoms with Crippen molar-refractivity contribution in [1.29, 1.82) is 0 Å². The average Bonchev–Trinajstić information content (AvgIpc) is 3.13. The van der Waals surface area contributed by atoms with Crippen molar-refractivity contribution in [2.75, 3.05) is 20.3 Å². The molecule has 1 aromatic heterocycles. The third kappa shape index (κ3) is 2.14. The summed E-state index contributed by atoms with van der Waals surface area (Å²) in [5.74, 6) is 0.543. The van der Waals surface area contributed by atoms with Crippen molar-refractivity contribution in [3.63, 3.8) is 0 Å². The van der Waals surface area contributed by atoms with Gasteiger partial charge in [-0.3, -0.25) is 0 Å². The summed E-state index contributed by atoms with van der Waals surface area (Å²) in [7, 11) is 3.79. The van der Waals surface area contributed by atoms with Crippen LogP contribution in [0.15, 0.2) is 30.5 Å². The molecule has 2 heterocycles. The van der Waals surface area contributed by atoms with E-state index in [1.807, 2.05) is 6.07 Å². The van der Waals surface area contributed by atoms with Gasteiger partial charge in [0, 0.05) is 43.1 Å². The number of rotatable bonds is 2. The average molecular weight is 299 g/mol. The van der Waals surface area contributed by atoms with Crippen LogP contribution in [0.5, 0.6) is 5.75 Å². The predicted octanol–water partition coefficient (Wildman–Crippen LogP) is 3.50. The first-order valence-corrected chi connectivity index (χ1v) is 7.81. The molecule has 22 heavy (non-hydrogen) atoms. The number of ether oxygens (including phenoxy) is 3. The smallest absolute Gasteiger partial charge is 0.172 e. The van der Waals surface area contributed by atoms with Crippen LogP contribution in [0.3, 0.4) is 0 Å². The molecule has 2 aromatic rings. The van der Waals surface area contributed by atoms with E-state index >= 15 is 0 Å². The van der Waals surface area contributed by atoms with Crippen molar-refractivity contribution in [3.8, 4) is 5.75 Å². The number of fused-ring (bicyclic) bond motifs is 1. The number of nitrogens with zero attached hydrogens (tertiary/aromatic N) is 1. The van der Waals surface area contributed by atoms with Crippen molar-refractivity contribution in [1.82, 2.24) is 4.57 Å². The van der Waals surface area contributed by atoms with Crippen LogP contribution in [0.1, 0.15) is 24.8 Å². The number of allylic oxidation sites excluding steroid dienone is 1. The Bertz CT molecular complexity index is 738. The standard InChI is InChI=1S/C18H21NO3/c1-19-12-16(15-4-3-14(20-2)11-17(15)19)13-5-7-18(8-6-13)21-9-10-22-18/h3-5,11-12H,6-10H2,1-2H3. The Kier molecular flexibility index (Phi) is 3.24. The highest BCUT2D eigenvalue weighted by Gasteiger charge is 2.37. The van der Waals surface area contributed by atoms with Crippen molar-refractivity contribution in [2.24, 2.45) is 7.05 Å². The van der Waals surface area contributed by atoms with Crippen molar-refractivity contribution in [2.45, 2.75) is 25.0 Å². The van der Waals surface area contributed by atoms with Crippen LogP contribution in [0.2, 0.25) is 0 Å². The molecule has 4 heteroatoms. The lowest BCUT2D eigenvalue weighted by atomic mass is 9.89. The summed E-state index contributed by atoms with van der Waals surface area (Å²) >= 11 is 0. The number of aromatic nitrogens is 1. The number of benzene rings is 1. The Hall–Kier alpha value is -1.78. The molecule has 1 spiro atoms. The van der Waals surface area contributed by atoms with Gasteiger partial charge in [-0.2, -0.15) is 0 Å². The molecule has 0 radical (unpaired) electrons. The fourth-order valence-corrected chi connectivity index (χ4v) is 3.56. The first-order chi connectivity index (χ1) is 10.7. The third-order valence-electron chi connectivity index (χ3n) is 4.79. The first-order valence-electron chi connectivity index (χ1n) is 7.81. The molecule has 1 aromatic carbocycles. The van der Waals surface area contributed by atoms with Crippen LogP contribution < -0.4 is 4.74 Å². The normalized spacial score (nSPS) is 20.5.